The third kappa shape index (κ3) is 2.58. The van der Waals surface area contributed by atoms with Crippen LogP contribution in [0.4, 0.5) is 0 Å². The lowest BCUT2D eigenvalue weighted by atomic mass is 9.93. The normalized spacial score (nSPS) is 22.7. The van der Waals surface area contributed by atoms with Crippen molar-refractivity contribution < 1.29 is 4.79 Å². The Morgan fingerprint density at radius 1 is 1.30 bits per heavy atom. The Labute approximate surface area is 140 Å². The molecular weight excluding hydrogens is 308 g/mol. The quantitative estimate of drug-likeness (QED) is 0.936. The van der Waals surface area contributed by atoms with Gasteiger partial charge < -0.3 is 5.32 Å². The van der Waals surface area contributed by atoms with Gasteiger partial charge in [-0.05, 0) is 45.7 Å². The lowest BCUT2D eigenvalue weighted by Crippen LogP contribution is -2.56. The van der Waals surface area contributed by atoms with Crippen molar-refractivity contribution in [1.82, 2.24) is 19.6 Å². The van der Waals surface area contributed by atoms with Crippen LogP contribution in [0.15, 0.2) is 17.8 Å². The maximum atomic E-state index is 13.1. The van der Waals surface area contributed by atoms with Gasteiger partial charge in [0.15, 0.2) is 4.96 Å². The lowest BCUT2D eigenvalue weighted by molar-refractivity contribution is -0.133. The molecule has 0 spiro atoms. The Bertz CT molecular complexity index is 666. The van der Waals surface area contributed by atoms with Gasteiger partial charge in [-0.2, -0.15) is 0 Å². The molecule has 5 nitrogen and oxygen atoms in total. The number of hydrogen-bond donors (Lipinski definition) is 1. The van der Waals surface area contributed by atoms with E-state index in [0.29, 0.717) is 0 Å². The summed E-state index contributed by atoms with van der Waals surface area (Å²) < 4.78 is 2.02. The first-order chi connectivity index (χ1) is 11.2. The van der Waals surface area contributed by atoms with Crippen LogP contribution in [0.25, 0.3) is 4.96 Å². The Hall–Kier alpha value is -1.40. The molecule has 0 bridgehead atoms. The standard InChI is InChI=1S/C17H24N4OS/c1-13(14-12-20-10-11-23-16(20)19-14)18-15(22)17(6-2-3-7-17)21-8-4-5-9-21/h10-13H,2-9H2,1H3,(H,18,22)/t13-/m1/s1. The van der Waals surface area contributed by atoms with Crippen LogP contribution in [0.5, 0.6) is 0 Å². The monoisotopic (exact) mass is 332 g/mol. The molecule has 23 heavy (non-hydrogen) atoms. The fraction of sp³-hybridized carbons (Fsp3) is 0.647. The number of likely N-dealkylation sites (tertiary alicyclic amines) is 1. The summed E-state index contributed by atoms with van der Waals surface area (Å²) in [6.07, 6.45) is 10.8. The molecular formula is C17H24N4OS. The third-order valence-corrected chi connectivity index (χ3v) is 6.24. The minimum atomic E-state index is -0.262. The molecule has 2 aromatic heterocycles. The van der Waals surface area contributed by atoms with Crippen LogP contribution in [0, 0.1) is 0 Å². The van der Waals surface area contributed by atoms with Gasteiger partial charge in [0.25, 0.3) is 0 Å². The summed E-state index contributed by atoms with van der Waals surface area (Å²) in [5.41, 5.74) is 0.682. The van der Waals surface area contributed by atoms with Crippen LogP contribution < -0.4 is 5.32 Å². The summed E-state index contributed by atoms with van der Waals surface area (Å²) in [6.45, 7) is 4.18. The maximum absolute atomic E-state index is 13.1. The number of carbonyl (C=O) groups is 1. The van der Waals surface area contributed by atoms with Crippen molar-refractivity contribution >= 4 is 22.2 Å². The van der Waals surface area contributed by atoms with Gasteiger partial charge in [-0.15, -0.1) is 11.3 Å². The summed E-state index contributed by atoms with van der Waals surface area (Å²) in [7, 11) is 0. The molecule has 1 aliphatic heterocycles. The molecule has 1 N–H and O–H groups in total. The van der Waals surface area contributed by atoms with Crippen LogP contribution in [0.3, 0.4) is 0 Å². The number of nitrogens with one attached hydrogen (secondary N) is 1. The van der Waals surface area contributed by atoms with Crippen molar-refractivity contribution in [2.45, 2.75) is 57.0 Å². The Balaban J connectivity index is 1.52. The molecule has 0 unspecified atom stereocenters. The largest absolute Gasteiger partial charge is 0.346 e. The average Bonchev–Trinajstić information content (AvgIpc) is 3.28. The number of amides is 1. The molecule has 2 aromatic rings. The molecule has 3 heterocycles. The second kappa shape index (κ2) is 5.91. The van der Waals surface area contributed by atoms with Gasteiger partial charge in [-0.3, -0.25) is 14.1 Å². The molecule has 0 radical (unpaired) electrons. The van der Waals surface area contributed by atoms with Gasteiger partial charge in [0.05, 0.1) is 11.7 Å². The summed E-state index contributed by atoms with van der Waals surface area (Å²) in [4.78, 5) is 21.2. The first-order valence-electron chi connectivity index (χ1n) is 8.67. The van der Waals surface area contributed by atoms with Crippen LogP contribution in [-0.4, -0.2) is 38.8 Å². The minimum absolute atomic E-state index is 0.0466. The maximum Gasteiger partial charge on any atom is 0.241 e. The molecule has 1 saturated carbocycles. The van der Waals surface area contributed by atoms with E-state index in [1.165, 1.54) is 25.7 Å². The number of nitrogens with zero attached hydrogens (tertiary/aromatic N) is 3. The van der Waals surface area contributed by atoms with E-state index in [1.807, 2.05) is 29.1 Å². The summed E-state index contributed by atoms with van der Waals surface area (Å²) in [6, 6.07) is -0.0466. The Morgan fingerprint density at radius 3 is 2.74 bits per heavy atom. The van der Waals surface area contributed by atoms with Crippen LogP contribution in [0.1, 0.15) is 57.2 Å². The van der Waals surface area contributed by atoms with Crippen molar-refractivity contribution in [2.24, 2.45) is 0 Å². The van der Waals surface area contributed by atoms with E-state index in [1.54, 1.807) is 11.3 Å². The lowest BCUT2D eigenvalue weighted by Gasteiger charge is -2.37. The van der Waals surface area contributed by atoms with E-state index < -0.39 is 0 Å². The zero-order valence-corrected chi connectivity index (χ0v) is 14.4. The SMILES string of the molecule is C[C@@H](NC(=O)C1(N2CCCC2)CCCC1)c1cn2ccsc2n1. The van der Waals surface area contributed by atoms with E-state index in [2.05, 4.69) is 15.2 Å². The number of thiazole rings is 1. The van der Waals surface area contributed by atoms with Crippen molar-refractivity contribution in [3.8, 4) is 0 Å². The number of aromatic nitrogens is 2. The van der Waals surface area contributed by atoms with Gasteiger partial charge in [-0.1, -0.05) is 12.8 Å². The third-order valence-electron chi connectivity index (χ3n) is 5.47. The highest BCUT2D eigenvalue weighted by Gasteiger charge is 2.47. The smallest absolute Gasteiger partial charge is 0.241 e. The first-order valence-corrected chi connectivity index (χ1v) is 9.55. The molecule has 1 saturated heterocycles. The van der Waals surface area contributed by atoms with Gasteiger partial charge in [0, 0.05) is 17.8 Å². The van der Waals surface area contributed by atoms with Crippen LogP contribution in [0.2, 0.25) is 0 Å². The van der Waals surface area contributed by atoms with Crippen molar-refractivity contribution in [1.29, 1.82) is 0 Å². The van der Waals surface area contributed by atoms with Crippen molar-refractivity contribution in [3.05, 3.63) is 23.5 Å². The van der Waals surface area contributed by atoms with Crippen LogP contribution in [-0.2, 0) is 4.79 Å². The fourth-order valence-corrected chi connectivity index (χ4v) is 4.86. The zero-order chi connectivity index (χ0) is 15.9. The summed E-state index contributed by atoms with van der Waals surface area (Å²) in [5.74, 6) is 0.209. The molecule has 1 atom stereocenters. The fourth-order valence-electron chi connectivity index (χ4n) is 4.15. The Morgan fingerprint density at radius 2 is 2.04 bits per heavy atom. The predicted octanol–water partition coefficient (Wildman–Crippen LogP) is 2.98. The highest BCUT2D eigenvalue weighted by atomic mass is 32.1. The highest BCUT2D eigenvalue weighted by Crippen LogP contribution is 2.38. The molecule has 2 aliphatic rings. The second-order valence-electron chi connectivity index (χ2n) is 6.89. The Kier molecular flexibility index (Phi) is 3.89. The molecule has 124 valence electrons. The van der Waals surface area contributed by atoms with E-state index in [4.69, 9.17) is 0 Å². The van der Waals surface area contributed by atoms with E-state index in [0.717, 1.165) is 36.6 Å². The summed E-state index contributed by atoms with van der Waals surface area (Å²) >= 11 is 1.62. The average molecular weight is 332 g/mol. The number of hydrogen-bond acceptors (Lipinski definition) is 4. The number of imidazole rings is 1. The highest BCUT2D eigenvalue weighted by molar-refractivity contribution is 7.15. The summed E-state index contributed by atoms with van der Waals surface area (Å²) in [5, 5.41) is 5.28. The first kappa shape index (κ1) is 15.1. The zero-order valence-electron chi connectivity index (χ0n) is 13.6. The van der Waals surface area contributed by atoms with Crippen molar-refractivity contribution in [3.63, 3.8) is 0 Å². The van der Waals surface area contributed by atoms with Gasteiger partial charge >= 0.3 is 0 Å². The minimum Gasteiger partial charge on any atom is -0.346 e. The predicted molar refractivity (Wildman–Crippen MR) is 91.6 cm³/mol. The molecule has 4 rings (SSSR count). The second-order valence-corrected chi connectivity index (χ2v) is 7.76. The van der Waals surface area contributed by atoms with Crippen LogP contribution >= 0.6 is 11.3 Å². The molecule has 1 aliphatic carbocycles. The molecule has 2 fully saturated rings. The van der Waals surface area contributed by atoms with E-state index >= 15 is 0 Å². The number of carbonyl (C=O) groups excluding carboxylic acids is 1. The molecule has 6 heteroatoms. The van der Waals surface area contributed by atoms with Gasteiger partial charge in [0.1, 0.15) is 5.54 Å². The van der Waals surface area contributed by atoms with Gasteiger partial charge in [0.2, 0.25) is 5.91 Å². The topological polar surface area (TPSA) is 49.6 Å². The van der Waals surface area contributed by atoms with E-state index in [-0.39, 0.29) is 17.5 Å². The number of fused-ring (bicyclic) bond motifs is 1. The van der Waals surface area contributed by atoms with Gasteiger partial charge in [-0.25, -0.2) is 4.98 Å². The molecule has 0 aromatic carbocycles. The van der Waals surface area contributed by atoms with Crippen molar-refractivity contribution in [2.75, 3.05) is 13.1 Å². The molecule has 1 amide bonds. The number of rotatable bonds is 4. The van der Waals surface area contributed by atoms with E-state index in [9.17, 15) is 4.79 Å².